The van der Waals surface area contributed by atoms with Crippen molar-refractivity contribution >= 4 is 5.91 Å². The van der Waals surface area contributed by atoms with Gasteiger partial charge in [0.05, 0.1) is 18.3 Å². The number of terminal acetylenes is 1. The summed E-state index contributed by atoms with van der Waals surface area (Å²) >= 11 is 0. The zero-order chi connectivity index (χ0) is 12.7. The molecular formula is C13H17N3O. The summed E-state index contributed by atoms with van der Waals surface area (Å²) in [4.78, 5) is 15.8. The Morgan fingerprint density at radius 1 is 1.53 bits per heavy atom. The minimum Gasteiger partial charge on any atom is -0.344 e. The fraction of sp³-hybridized carbons (Fsp3) is 0.385. The number of nitrogens with one attached hydrogen (secondary N) is 2. The highest BCUT2D eigenvalue weighted by Gasteiger charge is 2.15. The number of pyridine rings is 1. The monoisotopic (exact) mass is 231 g/mol. The summed E-state index contributed by atoms with van der Waals surface area (Å²) in [5.41, 5.74) is 0.907. The molecule has 0 bridgehead atoms. The Hall–Kier alpha value is -1.86. The Labute approximate surface area is 102 Å². The number of amides is 1. The molecule has 1 aromatic rings. The first-order chi connectivity index (χ1) is 8.15. The average molecular weight is 231 g/mol. The quantitative estimate of drug-likeness (QED) is 0.739. The molecule has 90 valence electrons. The minimum absolute atomic E-state index is 0.0165. The summed E-state index contributed by atoms with van der Waals surface area (Å²) in [6, 6.07) is 5.41. The van der Waals surface area contributed by atoms with Gasteiger partial charge in [0.15, 0.2) is 0 Å². The molecule has 1 unspecified atom stereocenters. The van der Waals surface area contributed by atoms with Crippen molar-refractivity contribution in [3.63, 3.8) is 0 Å². The first-order valence-corrected chi connectivity index (χ1v) is 5.53. The third kappa shape index (κ3) is 4.25. The SMILES string of the molecule is C#CCNC(=O)C(C)N[C@H](C)c1ccccn1. The van der Waals surface area contributed by atoms with E-state index in [-0.39, 0.29) is 24.5 Å². The lowest BCUT2D eigenvalue weighted by molar-refractivity contribution is -0.122. The molecule has 0 aliphatic rings. The van der Waals surface area contributed by atoms with Gasteiger partial charge in [-0.05, 0) is 26.0 Å². The molecule has 0 aliphatic heterocycles. The second kappa shape index (κ2) is 6.66. The number of carbonyl (C=O) groups is 1. The van der Waals surface area contributed by atoms with E-state index in [4.69, 9.17) is 6.42 Å². The van der Waals surface area contributed by atoms with Crippen molar-refractivity contribution in [3.05, 3.63) is 30.1 Å². The van der Waals surface area contributed by atoms with Gasteiger partial charge >= 0.3 is 0 Å². The van der Waals surface area contributed by atoms with Gasteiger partial charge in [-0.3, -0.25) is 15.1 Å². The molecule has 17 heavy (non-hydrogen) atoms. The average Bonchev–Trinajstić information content (AvgIpc) is 2.36. The van der Waals surface area contributed by atoms with E-state index in [1.165, 1.54) is 0 Å². The van der Waals surface area contributed by atoms with Crippen LogP contribution in [0.15, 0.2) is 24.4 Å². The molecule has 1 amide bonds. The predicted octanol–water partition coefficient (Wildman–Crippen LogP) is 0.870. The zero-order valence-corrected chi connectivity index (χ0v) is 10.1. The highest BCUT2D eigenvalue weighted by atomic mass is 16.2. The lowest BCUT2D eigenvalue weighted by Crippen LogP contribution is -2.43. The molecular weight excluding hydrogens is 214 g/mol. The van der Waals surface area contributed by atoms with Crippen molar-refractivity contribution in [2.75, 3.05) is 6.54 Å². The summed E-state index contributed by atoms with van der Waals surface area (Å²) in [6.45, 7) is 4.02. The van der Waals surface area contributed by atoms with E-state index in [2.05, 4.69) is 21.5 Å². The summed E-state index contributed by atoms with van der Waals surface area (Å²) in [6.07, 6.45) is 6.81. The van der Waals surface area contributed by atoms with Crippen molar-refractivity contribution in [2.24, 2.45) is 0 Å². The van der Waals surface area contributed by atoms with Crippen LogP contribution in [0.2, 0.25) is 0 Å². The lowest BCUT2D eigenvalue weighted by Gasteiger charge is -2.18. The standard InChI is InChI=1S/C13H17N3O/c1-4-8-15-13(17)11(3)16-10(2)12-7-5-6-9-14-12/h1,5-7,9-11,16H,8H2,2-3H3,(H,15,17)/t10-,11?/m1/s1. The molecule has 0 saturated carbocycles. The molecule has 0 fully saturated rings. The maximum absolute atomic E-state index is 11.6. The molecule has 1 rings (SSSR count). The molecule has 2 atom stereocenters. The number of nitrogens with zero attached hydrogens (tertiary/aromatic N) is 1. The minimum atomic E-state index is -0.305. The van der Waals surface area contributed by atoms with Crippen molar-refractivity contribution in [3.8, 4) is 12.3 Å². The van der Waals surface area contributed by atoms with E-state index in [1.807, 2.05) is 25.1 Å². The van der Waals surface area contributed by atoms with Gasteiger partial charge < -0.3 is 5.32 Å². The van der Waals surface area contributed by atoms with E-state index >= 15 is 0 Å². The normalized spacial score (nSPS) is 13.5. The van der Waals surface area contributed by atoms with Gasteiger partial charge in [0, 0.05) is 12.2 Å². The number of rotatable bonds is 5. The van der Waals surface area contributed by atoms with E-state index in [9.17, 15) is 4.79 Å². The largest absolute Gasteiger partial charge is 0.344 e. The van der Waals surface area contributed by atoms with E-state index in [0.717, 1.165) is 5.69 Å². The molecule has 4 heteroatoms. The Kier molecular flexibility index (Phi) is 5.18. The van der Waals surface area contributed by atoms with Gasteiger partial charge in [-0.1, -0.05) is 12.0 Å². The van der Waals surface area contributed by atoms with Gasteiger partial charge in [0.2, 0.25) is 5.91 Å². The van der Waals surface area contributed by atoms with Crippen molar-refractivity contribution in [2.45, 2.75) is 25.9 Å². The van der Waals surface area contributed by atoms with Crippen molar-refractivity contribution in [1.82, 2.24) is 15.6 Å². The second-order valence-corrected chi connectivity index (χ2v) is 3.79. The molecule has 1 heterocycles. The smallest absolute Gasteiger partial charge is 0.237 e. The van der Waals surface area contributed by atoms with Crippen molar-refractivity contribution in [1.29, 1.82) is 0 Å². The van der Waals surface area contributed by atoms with Crippen LogP contribution in [0.5, 0.6) is 0 Å². The summed E-state index contributed by atoms with van der Waals surface area (Å²) in [5, 5.41) is 5.79. The molecule has 0 spiro atoms. The van der Waals surface area contributed by atoms with Gasteiger partial charge in [0.25, 0.3) is 0 Å². The molecule has 4 nitrogen and oxygen atoms in total. The van der Waals surface area contributed by atoms with Crippen LogP contribution in [0.1, 0.15) is 25.6 Å². The number of aromatic nitrogens is 1. The highest BCUT2D eigenvalue weighted by Crippen LogP contribution is 2.08. The molecule has 0 aromatic carbocycles. The Balaban J connectivity index is 2.49. The maximum atomic E-state index is 11.6. The zero-order valence-electron chi connectivity index (χ0n) is 10.1. The Bertz CT molecular complexity index is 397. The molecule has 2 N–H and O–H groups in total. The Morgan fingerprint density at radius 3 is 2.88 bits per heavy atom. The van der Waals surface area contributed by atoms with Crippen LogP contribution in [0, 0.1) is 12.3 Å². The predicted molar refractivity (Wildman–Crippen MR) is 67.1 cm³/mol. The molecule has 0 saturated heterocycles. The van der Waals surface area contributed by atoms with Crippen LogP contribution in [0.4, 0.5) is 0 Å². The van der Waals surface area contributed by atoms with E-state index in [1.54, 1.807) is 13.1 Å². The third-order valence-corrected chi connectivity index (χ3v) is 2.39. The number of hydrogen-bond acceptors (Lipinski definition) is 3. The van der Waals surface area contributed by atoms with Crippen LogP contribution in [0.3, 0.4) is 0 Å². The summed E-state index contributed by atoms with van der Waals surface area (Å²) in [7, 11) is 0. The number of carbonyl (C=O) groups excluding carboxylic acids is 1. The first kappa shape index (κ1) is 13.2. The highest BCUT2D eigenvalue weighted by molar-refractivity contribution is 5.81. The number of hydrogen-bond donors (Lipinski definition) is 2. The van der Waals surface area contributed by atoms with Crippen molar-refractivity contribution < 1.29 is 4.79 Å². The van der Waals surface area contributed by atoms with E-state index in [0.29, 0.717) is 0 Å². The second-order valence-electron chi connectivity index (χ2n) is 3.79. The van der Waals surface area contributed by atoms with Crippen LogP contribution in [0.25, 0.3) is 0 Å². The maximum Gasteiger partial charge on any atom is 0.237 e. The van der Waals surface area contributed by atoms with Gasteiger partial charge in [-0.25, -0.2) is 0 Å². The summed E-state index contributed by atoms with van der Waals surface area (Å²) in [5.74, 6) is 2.26. The fourth-order valence-corrected chi connectivity index (χ4v) is 1.46. The van der Waals surface area contributed by atoms with E-state index < -0.39 is 0 Å². The van der Waals surface area contributed by atoms with Crippen LogP contribution >= 0.6 is 0 Å². The topological polar surface area (TPSA) is 54.0 Å². The lowest BCUT2D eigenvalue weighted by atomic mass is 10.2. The van der Waals surface area contributed by atoms with Gasteiger partial charge in [-0.15, -0.1) is 6.42 Å². The van der Waals surface area contributed by atoms with Crippen LogP contribution < -0.4 is 10.6 Å². The van der Waals surface area contributed by atoms with Gasteiger partial charge in [0.1, 0.15) is 0 Å². The molecule has 0 radical (unpaired) electrons. The fourth-order valence-electron chi connectivity index (χ4n) is 1.46. The third-order valence-electron chi connectivity index (χ3n) is 2.39. The first-order valence-electron chi connectivity index (χ1n) is 5.53. The van der Waals surface area contributed by atoms with Crippen LogP contribution in [-0.4, -0.2) is 23.5 Å². The Morgan fingerprint density at radius 2 is 2.29 bits per heavy atom. The summed E-state index contributed by atoms with van der Waals surface area (Å²) < 4.78 is 0. The molecule has 0 aliphatic carbocycles. The van der Waals surface area contributed by atoms with Crippen LogP contribution in [-0.2, 0) is 4.79 Å². The van der Waals surface area contributed by atoms with Gasteiger partial charge in [-0.2, -0.15) is 0 Å². The molecule has 1 aromatic heterocycles.